The van der Waals surface area contributed by atoms with Crippen molar-refractivity contribution < 1.29 is 19.5 Å². The Kier molecular flexibility index (Phi) is 9.20. The number of rotatable bonds is 9. The van der Waals surface area contributed by atoms with E-state index in [-0.39, 0.29) is 36.6 Å². The maximum atomic E-state index is 13.8. The SMILES string of the molecule is CC(C)C(=O)N1C=C(c2ccccc2)N(CC(=O)NC(Cc2ccccc2)C(O)C#N)C(=O)[C@H]1C(C)C. The van der Waals surface area contributed by atoms with Crippen LogP contribution in [0.3, 0.4) is 0 Å². The Morgan fingerprint density at radius 1 is 1.03 bits per heavy atom. The van der Waals surface area contributed by atoms with Crippen LogP contribution in [0.25, 0.3) is 5.70 Å². The van der Waals surface area contributed by atoms with Gasteiger partial charge in [-0.3, -0.25) is 19.3 Å². The second kappa shape index (κ2) is 12.3. The summed E-state index contributed by atoms with van der Waals surface area (Å²) >= 11 is 0. The normalized spacial score (nSPS) is 17.3. The summed E-state index contributed by atoms with van der Waals surface area (Å²) in [5.41, 5.74) is 1.97. The Labute approximate surface area is 218 Å². The number of nitriles is 1. The van der Waals surface area contributed by atoms with Gasteiger partial charge in [0.25, 0.3) is 5.91 Å². The molecule has 0 bridgehead atoms. The van der Waals surface area contributed by atoms with Crippen molar-refractivity contribution in [2.75, 3.05) is 6.54 Å². The highest BCUT2D eigenvalue weighted by Crippen LogP contribution is 2.30. The molecule has 0 spiro atoms. The lowest BCUT2D eigenvalue weighted by Crippen LogP contribution is -2.57. The third-order valence-corrected chi connectivity index (χ3v) is 6.28. The van der Waals surface area contributed by atoms with Gasteiger partial charge in [0, 0.05) is 12.1 Å². The number of benzene rings is 2. The van der Waals surface area contributed by atoms with Crippen LogP contribution >= 0.6 is 0 Å². The summed E-state index contributed by atoms with van der Waals surface area (Å²) in [5, 5.41) is 22.3. The van der Waals surface area contributed by atoms with E-state index in [4.69, 9.17) is 0 Å². The first kappa shape index (κ1) is 27.6. The van der Waals surface area contributed by atoms with Gasteiger partial charge in [0.2, 0.25) is 11.8 Å². The molecule has 3 rings (SSSR count). The van der Waals surface area contributed by atoms with E-state index in [1.165, 1.54) is 9.80 Å². The molecule has 2 aromatic carbocycles. The van der Waals surface area contributed by atoms with E-state index in [2.05, 4.69) is 5.32 Å². The van der Waals surface area contributed by atoms with Gasteiger partial charge in [0.05, 0.1) is 17.8 Å². The van der Waals surface area contributed by atoms with Crippen molar-refractivity contribution in [1.29, 1.82) is 5.26 Å². The van der Waals surface area contributed by atoms with Crippen LogP contribution < -0.4 is 5.32 Å². The van der Waals surface area contributed by atoms with Gasteiger partial charge in [-0.25, -0.2) is 0 Å². The van der Waals surface area contributed by atoms with Crippen LogP contribution in [0.2, 0.25) is 0 Å². The molecule has 1 aliphatic heterocycles. The predicted octanol–water partition coefficient (Wildman–Crippen LogP) is 2.95. The van der Waals surface area contributed by atoms with E-state index in [0.717, 1.165) is 5.56 Å². The number of carbonyl (C=O) groups excluding carboxylic acids is 3. The summed E-state index contributed by atoms with van der Waals surface area (Å²) in [6.45, 7) is 6.97. The van der Waals surface area contributed by atoms with Gasteiger partial charge in [-0.15, -0.1) is 0 Å². The van der Waals surface area contributed by atoms with Gasteiger partial charge in [0.15, 0.2) is 6.10 Å². The van der Waals surface area contributed by atoms with Crippen molar-refractivity contribution in [3.63, 3.8) is 0 Å². The quantitative estimate of drug-likeness (QED) is 0.512. The van der Waals surface area contributed by atoms with Gasteiger partial charge in [0.1, 0.15) is 12.6 Å². The third kappa shape index (κ3) is 6.63. The Morgan fingerprint density at radius 3 is 2.16 bits per heavy atom. The van der Waals surface area contributed by atoms with Crippen LogP contribution in [-0.2, 0) is 20.8 Å². The summed E-state index contributed by atoms with van der Waals surface area (Å²) in [7, 11) is 0. The van der Waals surface area contributed by atoms with Gasteiger partial charge in [-0.2, -0.15) is 5.26 Å². The van der Waals surface area contributed by atoms with Crippen molar-refractivity contribution in [3.8, 4) is 6.07 Å². The van der Waals surface area contributed by atoms with E-state index < -0.39 is 24.1 Å². The van der Waals surface area contributed by atoms with E-state index >= 15 is 0 Å². The highest BCUT2D eigenvalue weighted by atomic mass is 16.3. The van der Waals surface area contributed by atoms with Crippen LogP contribution in [0.4, 0.5) is 0 Å². The molecule has 8 nitrogen and oxygen atoms in total. The number of amides is 3. The first-order valence-electron chi connectivity index (χ1n) is 12.5. The number of hydrogen-bond acceptors (Lipinski definition) is 5. The molecule has 2 unspecified atom stereocenters. The van der Waals surface area contributed by atoms with E-state index in [0.29, 0.717) is 11.3 Å². The van der Waals surface area contributed by atoms with Gasteiger partial charge >= 0.3 is 0 Å². The summed E-state index contributed by atoms with van der Waals surface area (Å²) in [5.74, 6) is -1.56. The first-order valence-corrected chi connectivity index (χ1v) is 12.5. The van der Waals surface area contributed by atoms with Gasteiger partial charge in [-0.05, 0) is 23.5 Å². The molecule has 1 aliphatic rings. The predicted molar refractivity (Wildman–Crippen MR) is 140 cm³/mol. The molecule has 8 heteroatoms. The molecule has 2 N–H and O–H groups in total. The monoisotopic (exact) mass is 502 g/mol. The topological polar surface area (TPSA) is 114 Å². The number of hydrogen-bond donors (Lipinski definition) is 2. The molecule has 3 atom stereocenters. The Bertz CT molecular complexity index is 1170. The molecule has 0 aromatic heterocycles. The smallest absolute Gasteiger partial charge is 0.250 e. The number of aliphatic hydroxyl groups is 1. The summed E-state index contributed by atoms with van der Waals surface area (Å²) < 4.78 is 0. The van der Waals surface area contributed by atoms with Crippen LogP contribution in [0, 0.1) is 23.2 Å². The zero-order valence-corrected chi connectivity index (χ0v) is 21.7. The average molecular weight is 503 g/mol. The van der Waals surface area contributed by atoms with Gasteiger partial charge in [-0.1, -0.05) is 88.4 Å². The molecule has 0 saturated carbocycles. The lowest BCUT2D eigenvalue weighted by molar-refractivity contribution is -0.147. The van der Waals surface area contributed by atoms with Crippen molar-refractivity contribution in [1.82, 2.24) is 15.1 Å². The van der Waals surface area contributed by atoms with Gasteiger partial charge < -0.3 is 15.3 Å². The molecule has 194 valence electrons. The van der Waals surface area contributed by atoms with Crippen LogP contribution in [-0.4, -0.2) is 57.4 Å². The lowest BCUT2D eigenvalue weighted by atomic mass is 9.95. The number of aliphatic hydroxyl groups excluding tert-OH is 1. The largest absolute Gasteiger partial charge is 0.376 e. The van der Waals surface area contributed by atoms with E-state index in [1.807, 2.05) is 74.5 Å². The zero-order chi connectivity index (χ0) is 27.1. The molecule has 0 saturated heterocycles. The molecule has 0 fully saturated rings. The second-order valence-corrected chi connectivity index (χ2v) is 9.83. The molecule has 2 aromatic rings. The first-order chi connectivity index (χ1) is 17.6. The maximum absolute atomic E-state index is 13.8. The van der Waals surface area contributed by atoms with E-state index in [1.54, 1.807) is 26.1 Å². The molecular weight excluding hydrogens is 468 g/mol. The average Bonchev–Trinajstić information content (AvgIpc) is 2.89. The fraction of sp³-hybridized carbons (Fsp3) is 0.379. The van der Waals surface area contributed by atoms with Crippen molar-refractivity contribution >= 4 is 23.4 Å². The van der Waals surface area contributed by atoms with Crippen molar-refractivity contribution in [3.05, 3.63) is 78.0 Å². The molecule has 3 amide bonds. The Balaban J connectivity index is 1.94. The maximum Gasteiger partial charge on any atom is 0.250 e. The zero-order valence-electron chi connectivity index (χ0n) is 21.7. The summed E-state index contributed by atoms with van der Waals surface area (Å²) in [4.78, 5) is 43.0. The van der Waals surface area contributed by atoms with Crippen molar-refractivity contribution in [2.24, 2.45) is 11.8 Å². The molecule has 37 heavy (non-hydrogen) atoms. The lowest BCUT2D eigenvalue weighted by Gasteiger charge is -2.41. The third-order valence-electron chi connectivity index (χ3n) is 6.28. The fourth-order valence-electron chi connectivity index (χ4n) is 4.38. The number of nitrogens with zero attached hydrogens (tertiary/aromatic N) is 3. The van der Waals surface area contributed by atoms with Crippen LogP contribution in [0.5, 0.6) is 0 Å². The fourth-order valence-corrected chi connectivity index (χ4v) is 4.38. The van der Waals surface area contributed by atoms with Crippen LogP contribution in [0.15, 0.2) is 66.9 Å². The minimum atomic E-state index is -1.42. The molecule has 0 radical (unpaired) electrons. The minimum absolute atomic E-state index is 0.176. The number of carbonyl (C=O) groups is 3. The van der Waals surface area contributed by atoms with Crippen LogP contribution in [0.1, 0.15) is 38.8 Å². The second-order valence-electron chi connectivity index (χ2n) is 9.83. The highest BCUT2D eigenvalue weighted by molar-refractivity contribution is 6.00. The Morgan fingerprint density at radius 2 is 1.62 bits per heavy atom. The standard InChI is InChI=1S/C29H34N4O4/c1-19(2)27-29(37)32(24(22-13-9-6-10-14-22)17-33(27)28(36)20(3)4)18-26(35)31-23(25(34)16-30)15-21-11-7-5-8-12-21/h5-14,17,19-20,23,25,27,34H,15,18H2,1-4H3,(H,31,35)/t23?,25?,27-/m1/s1. The Hall–Kier alpha value is -3.96. The highest BCUT2D eigenvalue weighted by Gasteiger charge is 2.41. The minimum Gasteiger partial charge on any atom is -0.376 e. The molecule has 1 heterocycles. The van der Waals surface area contributed by atoms with Crippen molar-refractivity contribution in [2.45, 2.75) is 52.3 Å². The summed E-state index contributed by atoms with van der Waals surface area (Å²) in [6.07, 6.45) is 0.484. The van der Waals surface area contributed by atoms with E-state index in [9.17, 15) is 24.8 Å². The molecule has 0 aliphatic carbocycles. The molecular formula is C29H34N4O4. The summed E-state index contributed by atoms with van der Waals surface area (Å²) in [6, 6.07) is 18.5. The number of nitrogens with one attached hydrogen (secondary N) is 1.